The first-order valence-electron chi connectivity index (χ1n) is 6.03. The maximum atomic E-state index is 13.5. The Balaban J connectivity index is 2.39. The first-order valence-corrected chi connectivity index (χ1v) is 6.03. The van der Waals surface area contributed by atoms with Crippen molar-refractivity contribution in [3.8, 4) is 11.3 Å². The monoisotopic (exact) mass is 258 g/mol. The predicted molar refractivity (Wildman–Crippen MR) is 74.2 cm³/mol. The molecule has 0 spiro atoms. The topological polar surface area (TPSA) is 48.8 Å². The highest BCUT2D eigenvalue weighted by Crippen LogP contribution is 2.34. The normalized spacial score (nSPS) is 11.4. The highest BCUT2D eigenvalue weighted by Gasteiger charge is 2.17. The molecule has 0 bridgehead atoms. The van der Waals surface area contributed by atoms with Gasteiger partial charge in [0.2, 0.25) is 0 Å². The number of anilines is 1. The van der Waals surface area contributed by atoms with Crippen LogP contribution < -0.4 is 5.73 Å². The molecule has 5 heteroatoms. The minimum Gasteiger partial charge on any atom is -0.384 e. The third-order valence-electron chi connectivity index (χ3n) is 3.63. The van der Waals surface area contributed by atoms with Crippen molar-refractivity contribution >= 4 is 16.7 Å². The van der Waals surface area contributed by atoms with Gasteiger partial charge in [0, 0.05) is 42.3 Å². The molecule has 3 rings (SSSR count). The Morgan fingerprint density at radius 3 is 2.58 bits per heavy atom. The number of nitrogens with zero attached hydrogens (tertiary/aromatic N) is 3. The zero-order valence-corrected chi connectivity index (χ0v) is 11.1. The van der Waals surface area contributed by atoms with Gasteiger partial charge in [-0.15, -0.1) is 0 Å². The van der Waals surface area contributed by atoms with Crippen LogP contribution in [-0.4, -0.2) is 14.3 Å². The van der Waals surface area contributed by atoms with E-state index in [1.807, 2.05) is 24.6 Å². The number of rotatable bonds is 1. The van der Waals surface area contributed by atoms with E-state index in [9.17, 15) is 4.39 Å². The minimum atomic E-state index is -0.247. The Hall–Kier alpha value is -2.30. The first-order chi connectivity index (χ1) is 8.99. The number of fused-ring (bicyclic) bond motifs is 1. The lowest BCUT2D eigenvalue weighted by atomic mass is 10.1. The van der Waals surface area contributed by atoms with Gasteiger partial charge in [0.25, 0.3) is 0 Å². The number of aromatic nitrogens is 3. The van der Waals surface area contributed by atoms with Gasteiger partial charge in [-0.3, -0.25) is 4.68 Å². The van der Waals surface area contributed by atoms with Crippen molar-refractivity contribution in [1.29, 1.82) is 0 Å². The van der Waals surface area contributed by atoms with Gasteiger partial charge in [0.15, 0.2) is 0 Å². The number of nitrogen functional groups attached to an aromatic ring is 1. The molecule has 0 radical (unpaired) electrons. The van der Waals surface area contributed by atoms with Crippen LogP contribution in [0.5, 0.6) is 0 Å². The average Bonchev–Trinajstić information content (AvgIpc) is 2.79. The largest absolute Gasteiger partial charge is 0.384 e. The summed E-state index contributed by atoms with van der Waals surface area (Å²) in [5.41, 5.74) is 9.56. The smallest absolute Gasteiger partial charge is 0.123 e. The summed E-state index contributed by atoms with van der Waals surface area (Å²) < 4.78 is 17.2. The zero-order valence-electron chi connectivity index (χ0n) is 11.1. The maximum Gasteiger partial charge on any atom is 0.123 e. The molecule has 98 valence electrons. The number of hydrogen-bond acceptors (Lipinski definition) is 2. The second kappa shape index (κ2) is 3.85. The summed E-state index contributed by atoms with van der Waals surface area (Å²) >= 11 is 0. The van der Waals surface area contributed by atoms with Crippen LogP contribution in [0, 0.1) is 12.7 Å². The molecule has 0 aliphatic heterocycles. The molecule has 2 N–H and O–H groups in total. The van der Waals surface area contributed by atoms with Gasteiger partial charge >= 0.3 is 0 Å². The standard InChI is InChI=1S/C14H15FN4/c1-8-14(11-7-13(16)19(3)17-11)10-6-9(15)4-5-12(10)18(8)2/h4-7H,16H2,1-3H3. The van der Waals surface area contributed by atoms with Gasteiger partial charge in [0.1, 0.15) is 11.6 Å². The second-order valence-corrected chi connectivity index (χ2v) is 4.76. The fourth-order valence-electron chi connectivity index (χ4n) is 2.47. The Morgan fingerprint density at radius 1 is 1.21 bits per heavy atom. The SMILES string of the molecule is Cc1c(-c2cc(N)n(C)n2)c2cc(F)ccc2n1C. The van der Waals surface area contributed by atoms with Crippen molar-refractivity contribution in [3.05, 3.63) is 35.8 Å². The van der Waals surface area contributed by atoms with Crippen molar-refractivity contribution < 1.29 is 4.39 Å². The molecule has 0 aliphatic carbocycles. The molecule has 0 unspecified atom stereocenters. The number of nitrogens with two attached hydrogens (primary N) is 1. The molecule has 1 aromatic carbocycles. The highest BCUT2D eigenvalue weighted by molar-refractivity contribution is 5.97. The Kier molecular flexibility index (Phi) is 2.38. The van der Waals surface area contributed by atoms with Crippen molar-refractivity contribution in [2.45, 2.75) is 6.92 Å². The van der Waals surface area contributed by atoms with Crippen LogP contribution >= 0.6 is 0 Å². The van der Waals surface area contributed by atoms with Gasteiger partial charge in [-0.25, -0.2) is 4.39 Å². The summed E-state index contributed by atoms with van der Waals surface area (Å²) in [6.07, 6.45) is 0. The Labute approximate surface area is 110 Å². The zero-order chi connectivity index (χ0) is 13.7. The summed E-state index contributed by atoms with van der Waals surface area (Å²) in [5, 5.41) is 5.25. The summed E-state index contributed by atoms with van der Waals surface area (Å²) in [4.78, 5) is 0. The van der Waals surface area contributed by atoms with Gasteiger partial charge in [-0.05, 0) is 25.1 Å². The third kappa shape index (κ3) is 1.62. The molecule has 19 heavy (non-hydrogen) atoms. The molecule has 0 saturated heterocycles. The molecule has 2 heterocycles. The molecule has 2 aromatic heterocycles. The molecule has 0 fully saturated rings. The first kappa shape index (κ1) is 11.8. The number of halogens is 1. The van der Waals surface area contributed by atoms with Crippen molar-refractivity contribution in [2.75, 3.05) is 5.73 Å². The highest BCUT2D eigenvalue weighted by atomic mass is 19.1. The molecule has 4 nitrogen and oxygen atoms in total. The molecule has 0 aliphatic rings. The van der Waals surface area contributed by atoms with Crippen molar-refractivity contribution in [2.24, 2.45) is 14.1 Å². The molecule has 0 atom stereocenters. The predicted octanol–water partition coefficient (Wildman–Crippen LogP) is 2.61. The lowest BCUT2D eigenvalue weighted by Crippen LogP contribution is -1.96. The van der Waals surface area contributed by atoms with E-state index in [0.717, 1.165) is 27.9 Å². The van der Waals surface area contributed by atoms with E-state index in [2.05, 4.69) is 5.10 Å². The lowest BCUT2D eigenvalue weighted by Gasteiger charge is -1.98. The van der Waals surface area contributed by atoms with E-state index < -0.39 is 0 Å². The van der Waals surface area contributed by atoms with E-state index in [4.69, 9.17) is 5.73 Å². The van der Waals surface area contributed by atoms with Crippen molar-refractivity contribution in [3.63, 3.8) is 0 Å². The maximum absolute atomic E-state index is 13.5. The van der Waals surface area contributed by atoms with E-state index in [1.54, 1.807) is 23.9 Å². The summed E-state index contributed by atoms with van der Waals surface area (Å²) in [6.45, 7) is 2.00. The van der Waals surface area contributed by atoms with Crippen LogP contribution in [0.1, 0.15) is 5.69 Å². The Bertz CT molecular complexity index is 763. The van der Waals surface area contributed by atoms with E-state index >= 15 is 0 Å². The third-order valence-corrected chi connectivity index (χ3v) is 3.63. The van der Waals surface area contributed by atoms with Crippen LogP contribution in [0.2, 0.25) is 0 Å². The number of aryl methyl sites for hydroxylation is 2. The van der Waals surface area contributed by atoms with Crippen LogP contribution in [0.4, 0.5) is 10.2 Å². The van der Waals surface area contributed by atoms with Crippen LogP contribution in [0.3, 0.4) is 0 Å². The fourth-order valence-corrected chi connectivity index (χ4v) is 2.47. The number of benzene rings is 1. The van der Waals surface area contributed by atoms with E-state index in [0.29, 0.717) is 5.82 Å². The lowest BCUT2D eigenvalue weighted by molar-refractivity contribution is 0.629. The number of hydrogen-bond donors (Lipinski definition) is 1. The molecular weight excluding hydrogens is 243 g/mol. The second-order valence-electron chi connectivity index (χ2n) is 4.76. The van der Waals surface area contributed by atoms with Gasteiger partial charge < -0.3 is 10.3 Å². The van der Waals surface area contributed by atoms with Crippen molar-refractivity contribution in [1.82, 2.24) is 14.3 Å². The molecule has 0 saturated carbocycles. The molecule has 3 aromatic rings. The summed E-state index contributed by atoms with van der Waals surface area (Å²) in [6, 6.07) is 6.61. The van der Waals surface area contributed by atoms with Gasteiger partial charge in [-0.2, -0.15) is 5.10 Å². The molecule has 0 amide bonds. The Morgan fingerprint density at radius 2 is 1.95 bits per heavy atom. The van der Waals surface area contributed by atoms with Crippen LogP contribution in [0.15, 0.2) is 24.3 Å². The quantitative estimate of drug-likeness (QED) is 0.729. The summed E-state index contributed by atoms with van der Waals surface area (Å²) in [7, 11) is 3.76. The van der Waals surface area contributed by atoms with E-state index in [1.165, 1.54) is 6.07 Å². The van der Waals surface area contributed by atoms with Gasteiger partial charge in [-0.1, -0.05) is 0 Å². The van der Waals surface area contributed by atoms with Crippen LogP contribution in [0.25, 0.3) is 22.2 Å². The van der Waals surface area contributed by atoms with Crippen LogP contribution in [-0.2, 0) is 14.1 Å². The average molecular weight is 258 g/mol. The van der Waals surface area contributed by atoms with Gasteiger partial charge in [0.05, 0.1) is 5.69 Å². The fraction of sp³-hybridized carbons (Fsp3) is 0.214. The van der Waals surface area contributed by atoms with E-state index in [-0.39, 0.29) is 5.82 Å². The summed E-state index contributed by atoms with van der Waals surface area (Å²) in [5.74, 6) is 0.339. The minimum absolute atomic E-state index is 0.247. The molecular formula is C14H15FN4.